The van der Waals surface area contributed by atoms with Crippen LogP contribution in [0.1, 0.15) is 31.2 Å². The van der Waals surface area contributed by atoms with E-state index < -0.39 is 10.0 Å². The lowest BCUT2D eigenvalue weighted by Crippen LogP contribution is -2.49. The van der Waals surface area contributed by atoms with Crippen molar-refractivity contribution < 1.29 is 13.2 Å². The molecular weight excluding hydrogens is 338 g/mol. The summed E-state index contributed by atoms with van der Waals surface area (Å²) in [6, 6.07) is 9.55. The summed E-state index contributed by atoms with van der Waals surface area (Å²) in [6.45, 7) is 1.33. The van der Waals surface area contributed by atoms with Crippen molar-refractivity contribution in [1.29, 1.82) is 0 Å². The zero-order chi connectivity index (χ0) is 18.1. The van der Waals surface area contributed by atoms with Gasteiger partial charge in [0.15, 0.2) is 0 Å². The van der Waals surface area contributed by atoms with Gasteiger partial charge in [-0.2, -0.15) is 0 Å². The van der Waals surface area contributed by atoms with Gasteiger partial charge >= 0.3 is 6.03 Å². The van der Waals surface area contributed by atoms with Crippen molar-refractivity contribution in [2.24, 2.45) is 0 Å². The maximum absolute atomic E-state index is 12.4. The van der Waals surface area contributed by atoms with Crippen LogP contribution < -0.4 is 10.0 Å². The number of piperidine rings is 1. The van der Waals surface area contributed by atoms with Gasteiger partial charge in [0.05, 0.1) is 12.8 Å². The molecule has 25 heavy (non-hydrogen) atoms. The lowest BCUT2D eigenvalue weighted by atomic mass is 10.00. The highest BCUT2D eigenvalue weighted by atomic mass is 32.2. The van der Waals surface area contributed by atoms with Crippen LogP contribution in [0.15, 0.2) is 30.3 Å². The average Bonchev–Trinajstić information content (AvgIpc) is 2.59. The van der Waals surface area contributed by atoms with Gasteiger partial charge in [0.25, 0.3) is 0 Å². The van der Waals surface area contributed by atoms with E-state index in [0.717, 1.165) is 31.1 Å². The molecule has 0 aliphatic carbocycles. The van der Waals surface area contributed by atoms with E-state index in [1.165, 1.54) is 0 Å². The summed E-state index contributed by atoms with van der Waals surface area (Å²) in [5.41, 5.74) is 0.916. The van der Waals surface area contributed by atoms with Crippen LogP contribution in [0.2, 0.25) is 0 Å². The molecule has 6 nitrogen and oxygen atoms in total. The summed E-state index contributed by atoms with van der Waals surface area (Å²) in [4.78, 5) is 14.2. The maximum atomic E-state index is 12.4. The van der Waals surface area contributed by atoms with E-state index in [2.05, 4.69) is 21.9 Å². The molecule has 1 fully saturated rings. The SMILES string of the molecule is CS(=O)(=O)NCC[C@H]1CCCCN1C(=O)NCC#Cc1ccccc1. The third-order valence-electron chi connectivity index (χ3n) is 4.06. The van der Waals surface area contributed by atoms with E-state index in [9.17, 15) is 13.2 Å². The van der Waals surface area contributed by atoms with Crippen molar-refractivity contribution >= 4 is 16.1 Å². The highest BCUT2D eigenvalue weighted by Gasteiger charge is 2.26. The van der Waals surface area contributed by atoms with Crippen LogP contribution >= 0.6 is 0 Å². The van der Waals surface area contributed by atoms with Crippen molar-refractivity contribution in [2.45, 2.75) is 31.7 Å². The van der Waals surface area contributed by atoms with Gasteiger partial charge in [-0.25, -0.2) is 17.9 Å². The van der Waals surface area contributed by atoms with E-state index in [1.807, 2.05) is 30.3 Å². The lowest BCUT2D eigenvalue weighted by molar-refractivity contribution is 0.148. The number of hydrogen-bond donors (Lipinski definition) is 2. The number of carbonyl (C=O) groups excluding carboxylic acids is 1. The second-order valence-electron chi connectivity index (χ2n) is 6.12. The molecule has 0 bridgehead atoms. The van der Waals surface area contributed by atoms with Crippen LogP contribution in [0.5, 0.6) is 0 Å². The predicted octanol–water partition coefficient (Wildman–Crippen LogP) is 1.54. The normalized spacial score (nSPS) is 17.5. The minimum atomic E-state index is -3.19. The Labute approximate surface area is 150 Å². The first-order valence-corrected chi connectivity index (χ1v) is 10.4. The Balaban J connectivity index is 1.82. The molecule has 7 heteroatoms. The van der Waals surface area contributed by atoms with Gasteiger partial charge in [0.1, 0.15) is 0 Å². The number of carbonyl (C=O) groups is 1. The summed E-state index contributed by atoms with van der Waals surface area (Å²) >= 11 is 0. The Morgan fingerprint density at radius 3 is 2.76 bits per heavy atom. The summed E-state index contributed by atoms with van der Waals surface area (Å²) < 4.78 is 24.8. The third-order valence-corrected chi connectivity index (χ3v) is 4.79. The molecule has 2 rings (SSSR count). The van der Waals surface area contributed by atoms with Gasteiger partial charge in [-0.05, 0) is 37.8 Å². The second-order valence-corrected chi connectivity index (χ2v) is 7.96. The maximum Gasteiger partial charge on any atom is 0.318 e. The highest BCUT2D eigenvalue weighted by molar-refractivity contribution is 7.88. The molecule has 0 saturated carbocycles. The zero-order valence-corrected chi connectivity index (χ0v) is 15.3. The van der Waals surface area contributed by atoms with Gasteiger partial charge in [-0.15, -0.1) is 0 Å². The van der Waals surface area contributed by atoms with Crippen molar-refractivity contribution in [2.75, 3.05) is 25.9 Å². The minimum Gasteiger partial charge on any atom is -0.327 e. The Morgan fingerprint density at radius 1 is 1.28 bits per heavy atom. The molecule has 136 valence electrons. The first kappa shape index (κ1) is 19.3. The lowest BCUT2D eigenvalue weighted by Gasteiger charge is -2.35. The monoisotopic (exact) mass is 363 g/mol. The average molecular weight is 363 g/mol. The van der Waals surface area contributed by atoms with Gasteiger partial charge in [0, 0.05) is 24.7 Å². The fourth-order valence-corrected chi connectivity index (χ4v) is 3.36. The third kappa shape index (κ3) is 7.16. The molecule has 1 saturated heterocycles. The molecule has 0 unspecified atom stereocenters. The predicted molar refractivity (Wildman–Crippen MR) is 98.5 cm³/mol. The van der Waals surface area contributed by atoms with Gasteiger partial charge in [0.2, 0.25) is 10.0 Å². The number of amides is 2. The second kappa shape index (κ2) is 9.44. The van der Waals surface area contributed by atoms with Crippen molar-refractivity contribution in [3.8, 4) is 11.8 Å². The van der Waals surface area contributed by atoms with Crippen LogP contribution in [0.25, 0.3) is 0 Å². The number of sulfonamides is 1. The van der Waals surface area contributed by atoms with Gasteiger partial charge in [-0.3, -0.25) is 0 Å². The quantitative estimate of drug-likeness (QED) is 0.779. The fourth-order valence-electron chi connectivity index (χ4n) is 2.87. The van der Waals surface area contributed by atoms with E-state index in [-0.39, 0.29) is 12.1 Å². The molecule has 2 N–H and O–H groups in total. The van der Waals surface area contributed by atoms with Crippen molar-refractivity contribution in [1.82, 2.24) is 14.9 Å². The first-order chi connectivity index (χ1) is 12.0. The molecule has 1 aliphatic heterocycles. The molecule has 1 aromatic carbocycles. The number of rotatable bonds is 5. The molecule has 0 spiro atoms. The summed E-state index contributed by atoms with van der Waals surface area (Å²) in [5.74, 6) is 5.95. The molecule has 1 heterocycles. The largest absolute Gasteiger partial charge is 0.327 e. The van der Waals surface area contributed by atoms with Crippen LogP contribution in [-0.2, 0) is 10.0 Å². The highest BCUT2D eigenvalue weighted by Crippen LogP contribution is 2.19. The van der Waals surface area contributed by atoms with Crippen molar-refractivity contribution in [3.63, 3.8) is 0 Å². The molecule has 0 radical (unpaired) electrons. The molecule has 1 aliphatic rings. The number of nitrogens with one attached hydrogen (secondary N) is 2. The molecule has 0 aromatic heterocycles. The van der Waals surface area contributed by atoms with Crippen LogP contribution in [-0.4, -0.2) is 51.3 Å². The Kier molecular flexibility index (Phi) is 7.29. The summed E-state index contributed by atoms with van der Waals surface area (Å²) in [7, 11) is -3.19. The standard InChI is InChI=1S/C18H25N3O3S/c1-25(23,24)20-14-12-17-11-5-6-15-21(17)18(22)19-13-7-10-16-8-3-2-4-9-16/h2-4,8-9,17,20H,5-6,11-15H2,1H3,(H,19,22)/t17-/m1/s1. The number of nitrogens with zero attached hydrogens (tertiary/aromatic N) is 1. The summed E-state index contributed by atoms with van der Waals surface area (Å²) in [6.07, 6.45) is 4.69. The number of benzene rings is 1. The molecule has 2 amide bonds. The summed E-state index contributed by atoms with van der Waals surface area (Å²) in [5, 5.41) is 2.83. The van der Waals surface area contributed by atoms with Crippen LogP contribution in [0.4, 0.5) is 4.79 Å². The Hall–Kier alpha value is -2.04. The smallest absolute Gasteiger partial charge is 0.318 e. The van der Waals surface area contributed by atoms with Crippen LogP contribution in [0.3, 0.4) is 0 Å². The zero-order valence-electron chi connectivity index (χ0n) is 14.5. The molecular formula is C18H25N3O3S. The Morgan fingerprint density at radius 2 is 2.04 bits per heavy atom. The first-order valence-electron chi connectivity index (χ1n) is 8.49. The van der Waals surface area contributed by atoms with Crippen LogP contribution in [0, 0.1) is 11.8 Å². The number of urea groups is 1. The minimum absolute atomic E-state index is 0.0603. The molecule has 1 atom stereocenters. The number of hydrogen-bond acceptors (Lipinski definition) is 3. The van der Waals surface area contributed by atoms with Crippen molar-refractivity contribution in [3.05, 3.63) is 35.9 Å². The van der Waals surface area contributed by atoms with E-state index in [1.54, 1.807) is 4.90 Å². The van der Waals surface area contributed by atoms with E-state index in [4.69, 9.17) is 0 Å². The van der Waals surface area contributed by atoms with Gasteiger partial charge < -0.3 is 10.2 Å². The fraction of sp³-hybridized carbons (Fsp3) is 0.500. The van der Waals surface area contributed by atoms with E-state index >= 15 is 0 Å². The number of likely N-dealkylation sites (tertiary alicyclic amines) is 1. The Bertz CT molecular complexity index is 723. The van der Waals surface area contributed by atoms with E-state index in [0.29, 0.717) is 26.1 Å². The molecule has 1 aromatic rings. The topological polar surface area (TPSA) is 78.5 Å². The van der Waals surface area contributed by atoms with Gasteiger partial charge in [-0.1, -0.05) is 30.0 Å².